The van der Waals surface area contributed by atoms with Crippen LogP contribution in [0, 0.1) is 20.8 Å². The van der Waals surface area contributed by atoms with Crippen molar-refractivity contribution in [1.82, 2.24) is 25.7 Å². The number of aromatic amines is 2. The number of carbonyl (C=O) groups is 1. The summed E-state index contributed by atoms with van der Waals surface area (Å²) < 4.78 is 0. The van der Waals surface area contributed by atoms with Crippen molar-refractivity contribution in [2.75, 3.05) is 6.54 Å². The molecule has 6 nitrogen and oxygen atoms in total. The van der Waals surface area contributed by atoms with Gasteiger partial charge in [-0.3, -0.25) is 15.0 Å². The molecule has 20 heavy (non-hydrogen) atoms. The number of amides is 1. The number of aromatic nitrogens is 4. The molecule has 0 saturated carbocycles. The predicted octanol–water partition coefficient (Wildman–Crippen LogP) is 1.35. The normalized spacial score (nSPS) is 10.8. The highest BCUT2D eigenvalue weighted by Gasteiger charge is 2.10. The second-order valence-electron chi connectivity index (χ2n) is 5.06. The maximum atomic E-state index is 11.9. The molecule has 6 heteroatoms. The minimum Gasteiger partial charge on any atom is -0.356 e. The molecule has 0 bridgehead atoms. The van der Waals surface area contributed by atoms with Crippen LogP contribution in [-0.4, -0.2) is 32.8 Å². The topological polar surface area (TPSA) is 86.5 Å². The molecule has 0 atom stereocenters. The minimum atomic E-state index is 0.0431. The first-order valence-electron chi connectivity index (χ1n) is 6.84. The number of nitrogens with zero attached hydrogens (tertiary/aromatic N) is 2. The summed E-state index contributed by atoms with van der Waals surface area (Å²) in [6.07, 6.45) is 4.07. The molecule has 0 spiro atoms. The Morgan fingerprint density at radius 2 is 2.05 bits per heavy atom. The highest BCUT2D eigenvalue weighted by molar-refractivity contribution is 5.79. The highest BCUT2D eigenvalue weighted by atomic mass is 16.1. The molecule has 2 heterocycles. The fraction of sp³-hybridized carbons (Fsp3) is 0.500. The molecule has 0 aliphatic heterocycles. The van der Waals surface area contributed by atoms with E-state index in [1.165, 1.54) is 5.56 Å². The first kappa shape index (κ1) is 14.3. The van der Waals surface area contributed by atoms with Crippen molar-refractivity contribution in [3.05, 3.63) is 34.4 Å². The third-order valence-corrected chi connectivity index (χ3v) is 3.50. The molecule has 2 aromatic rings. The Morgan fingerprint density at radius 1 is 1.25 bits per heavy atom. The predicted molar refractivity (Wildman–Crippen MR) is 76.4 cm³/mol. The van der Waals surface area contributed by atoms with Crippen LogP contribution in [-0.2, 0) is 17.6 Å². The van der Waals surface area contributed by atoms with E-state index in [0.717, 1.165) is 35.5 Å². The summed E-state index contributed by atoms with van der Waals surface area (Å²) in [6.45, 7) is 6.53. The number of carbonyl (C=O) groups excluding carboxylic acids is 1. The quantitative estimate of drug-likeness (QED) is 0.695. The lowest BCUT2D eigenvalue weighted by Crippen LogP contribution is -2.26. The average Bonchev–Trinajstić information content (AvgIpc) is 2.95. The zero-order valence-electron chi connectivity index (χ0n) is 12.2. The first-order chi connectivity index (χ1) is 9.58. The second-order valence-corrected chi connectivity index (χ2v) is 5.06. The van der Waals surface area contributed by atoms with Crippen molar-refractivity contribution in [2.24, 2.45) is 0 Å². The highest BCUT2D eigenvalue weighted by Crippen LogP contribution is 2.10. The van der Waals surface area contributed by atoms with Gasteiger partial charge in [-0.25, -0.2) is 0 Å². The van der Waals surface area contributed by atoms with Gasteiger partial charge in [0.2, 0.25) is 5.91 Å². The maximum Gasteiger partial charge on any atom is 0.224 e. The van der Waals surface area contributed by atoms with E-state index in [2.05, 4.69) is 25.7 Å². The van der Waals surface area contributed by atoms with Gasteiger partial charge in [-0.15, -0.1) is 0 Å². The van der Waals surface area contributed by atoms with Gasteiger partial charge < -0.3 is 5.32 Å². The Labute approximate surface area is 118 Å². The Morgan fingerprint density at radius 3 is 2.65 bits per heavy atom. The van der Waals surface area contributed by atoms with Crippen LogP contribution in [0.5, 0.6) is 0 Å². The van der Waals surface area contributed by atoms with E-state index in [4.69, 9.17) is 0 Å². The maximum absolute atomic E-state index is 11.9. The number of hydrogen-bond donors (Lipinski definition) is 3. The van der Waals surface area contributed by atoms with Crippen molar-refractivity contribution >= 4 is 5.91 Å². The molecule has 3 N–H and O–H groups in total. The van der Waals surface area contributed by atoms with Gasteiger partial charge in [0.25, 0.3) is 0 Å². The summed E-state index contributed by atoms with van der Waals surface area (Å²) in [5.74, 6) is 0.0431. The van der Waals surface area contributed by atoms with Crippen LogP contribution < -0.4 is 5.32 Å². The first-order valence-corrected chi connectivity index (χ1v) is 6.84. The SMILES string of the molecule is Cc1n[nH]c(C)c1CC(=O)NCCCc1cn[nH]c1C. The minimum absolute atomic E-state index is 0.0431. The van der Waals surface area contributed by atoms with Gasteiger partial charge in [0, 0.05) is 23.5 Å². The molecule has 1 amide bonds. The third kappa shape index (κ3) is 3.46. The van der Waals surface area contributed by atoms with Gasteiger partial charge in [-0.2, -0.15) is 10.2 Å². The third-order valence-electron chi connectivity index (χ3n) is 3.50. The van der Waals surface area contributed by atoms with Crippen molar-refractivity contribution < 1.29 is 4.79 Å². The molecule has 108 valence electrons. The van der Waals surface area contributed by atoms with E-state index >= 15 is 0 Å². The van der Waals surface area contributed by atoms with Crippen molar-refractivity contribution in [3.8, 4) is 0 Å². The molecular formula is C14H21N5O. The van der Waals surface area contributed by atoms with Gasteiger partial charge in [-0.1, -0.05) is 0 Å². The van der Waals surface area contributed by atoms with E-state index in [-0.39, 0.29) is 5.91 Å². The fourth-order valence-corrected chi connectivity index (χ4v) is 2.19. The van der Waals surface area contributed by atoms with Crippen LogP contribution in [0.25, 0.3) is 0 Å². The standard InChI is InChI=1S/C14H21N5O/c1-9-12(8-16-17-9)5-4-6-15-14(20)7-13-10(2)18-19-11(13)3/h8H,4-7H2,1-3H3,(H,15,20)(H,16,17)(H,18,19). The molecule has 2 aromatic heterocycles. The van der Waals surface area contributed by atoms with Gasteiger partial charge in [0.1, 0.15) is 0 Å². The van der Waals surface area contributed by atoms with Gasteiger partial charge in [-0.05, 0) is 39.2 Å². The van der Waals surface area contributed by atoms with E-state index in [9.17, 15) is 4.79 Å². The van der Waals surface area contributed by atoms with Crippen molar-refractivity contribution in [3.63, 3.8) is 0 Å². The molecule has 0 radical (unpaired) electrons. The van der Waals surface area contributed by atoms with Crippen LogP contribution in [0.15, 0.2) is 6.20 Å². The molecule has 0 aliphatic carbocycles. The molecule has 0 saturated heterocycles. The fourth-order valence-electron chi connectivity index (χ4n) is 2.19. The zero-order chi connectivity index (χ0) is 14.5. The van der Waals surface area contributed by atoms with E-state index in [1.807, 2.05) is 27.0 Å². The van der Waals surface area contributed by atoms with Crippen LogP contribution in [0.4, 0.5) is 0 Å². The molecular weight excluding hydrogens is 254 g/mol. The van der Waals surface area contributed by atoms with Crippen LogP contribution in [0.1, 0.15) is 34.6 Å². The van der Waals surface area contributed by atoms with Crippen molar-refractivity contribution in [2.45, 2.75) is 40.0 Å². The number of hydrogen-bond acceptors (Lipinski definition) is 3. The van der Waals surface area contributed by atoms with Crippen LogP contribution in [0.2, 0.25) is 0 Å². The summed E-state index contributed by atoms with van der Waals surface area (Å²) in [5, 5.41) is 16.8. The summed E-state index contributed by atoms with van der Waals surface area (Å²) in [7, 11) is 0. The lowest BCUT2D eigenvalue weighted by molar-refractivity contribution is -0.120. The number of nitrogens with one attached hydrogen (secondary N) is 3. The zero-order valence-corrected chi connectivity index (χ0v) is 12.2. The Bertz CT molecular complexity index is 565. The average molecular weight is 275 g/mol. The second kappa shape index (κ2) is 6.36. The summed E-state index contributed by atoms with van der Waals surface area (Å²) in [6, 6.07) is 0. The summed E-state index contributed by atoms with van der Waals surface area (Å²) >= 11 is 0. The van der Waals surface area contributed by atoms with Crippen LogP contribution in [0.3, 0.4) is 0 Å². The smallest absolute Gasteiger partial charge is 0.224 e. The van der Waals surface area contributed by atoms with Crippen molar-refractivity contribution in [1.29, 1.82) is 0 Å². The van der Waals surface area contributed by atoms with E-state index < -0.39 is 0 Å². The van der Waals surface area contributed by atoms with E-state index in [0.29, 0.717) is 13.0 Å². The molecule has 2 rings (SSSR count). The Kier molecular flexibility index (Phi) is 4.55. The molecule has 0 unspecified atom stereocenters. The van der Waals surface area contributed by atoms with Crippen LogP contribution >= 0.6 is 0 Å². The van der Waals surface area contributed by atoms with Gasteiger partial charge in [0.15, 0.2) is 0 Å². The number of aryl methyl sites for hydroxylation is 4. The summed E-state index contributed by atoms with van der Waals surface area (Å²) in [4.78, 5) is 11.9. The lowest BCUT2D eigenvalue weighted by Gasteiger charge is -2.05. The van der Waals surface area contributed by atoms with E-state index in [1.54, 1.807) is 0 Å². The number of H-pyrrole nitrogens is 2. The lowest BCUT2D eigenvalue weighted by atomic mass is 10.1. The Hall–Kier alpha value is -2.11. The summed E-state index contributed by atoms with van der Waals surface area (Å²) in [5.41, 5.74) is 5.16. The van der Waals surface area contributed by atoms with Gasteiger partial charge in [0.05, 0.1) is 18.3 Å². The molecule has 0 aliphatic rings. The largest absolute Gasteiger partial charge is 0.356 e. The molecule has 0 fully saturated rings. The number of rotatable bonds is 6. The molecule has 0 aromatic carbocycles. The van der Waals surface area contributed by atoms with Gasteiger partial charge >= 0.3 is 0 Å². The Balaban J connectivity index is 1.72. The monoisotopic (exact) mass is 275 g/mol.